The average molecular weight is 308 g/mol. The summed E-state index contributed by atoms with van der Waals surface area (Å²) in [6.45, 7) is 1.46. The molecule has 0 bridgehead atoms. The van der Waals surface area contributed by atoms with Gasteiger partial charge in [-0.3, -0.25) is 10.1 Å². The Bertz CT molecular complexity index is 736. The SMILES string of the molecule is C[C@H](O)c1cc([N+](=O)[O-])c(Oc2ccc(C#N)cc2F)s1. The molecule has 2 rings (SSSR count). The molecule has 8 heteroatoms. The smallest absolute Gasteiger partial charge is 0.323 e. The molecule has 0 radical (unpaired) electrons. The average Bonchev–Trinajstić information content (AvgIpc) is 2.85. The summed E-state index contributed by atoms with van der Waals surface area (Å²) in [5.74, 6) is -1.02. The first-order valence-corrected chi connectivity index (χ1v) is 6.57. The normalized spacial score (nSPS) is 11.7. The van der Waals surface area contributed by atoms with Gasteiger partial charge in [0.15, 0.2) is 11.6 Å². The van der Waals surface area contributed by atoms with Crippen LogP contribution in [0.1, 0.15) is 23.5 Å². The van der Waals surface area contributed by atoms with Crippen LogP contribution < -0.4 is 4.74 Å². The molecular formula is C13H9FN2O4S. The first kappa shape index (κ1) is 14.9. The van der Waals surface area contributed by atoms with Crippen LogP contribution in [0.2, 0.25) is 0 Å². The van der Waals surface area contributed by atoms with Gasteiger partial charge in [-0.05, 0) is 25.1 Å². The number of aliphatic hydroxyl groups is 1. The van der Waals surface area contributed by atoms with E-state index in [1.54, 1.807) is 6.07 Å². The molecule has 0 aliphatic rings. The molecule has 21 heavy (non-hydrogen) atoms. The van der Waals surface area contributed by atoms with Gasteiger partial charge < -0.3 is 9.84 Å². The molecule has 0 fully saturated rings. The fourth-order valence-corrected chi connectivity index (χ4v) is 2.47. The Labute approximate surface area is 122 Å². The summed E-state index contributed by atoms with van der Waals surface area (Å²) in [6.07, 6.45) is -0.892. The second kappa shape index (κ2) is 5.87. The predicted octanol–water partition coefficient (Wildman–Crippen LogP) is 3.51. The number of benzene rings is 1. The zero-order valence-electron chi connectivity index (χ0n) is 10.7. The first-order chi connectivity index (χ1) is 9.92. The van der Waals surface area contributed by atoms with Crippen molar-refractivity contribution in [3.05, 3.63) is 50.6 Å². The lowest BCUT2D eigenvalue weighted by Crippen LogP contribution is -1.91. The highest BCUT2D eigenvalue weighted by atomic mass is 32.1. The minimum absolute atomic E-state index is 0.116. The van der Waals surface area contributed by atoms with Crippen molar-refractivity contribution in [2.24, 2.45) is 0 Å². The number of halogens is 1. The second-order valence-corrected chi connectivity index (χ2v) is 5.16. The van der Waals surface area contributed by atoms with Gasteiger partial charge in [0.2, 0.25) is 0 Å². The molecule has 1 atom stereocenters. The molecule has 1 aromatic carbocycles. The predicted molar refractivity (Wildman–Crippen MR) is 72.8 cm³/mol. The van der Waals surface area contributed by atoms with Crippen LogP contribution in [0.5, 0.6) is 10.8 Å². The molecule has 2 aromatic rings. The van der Waals surface area contributed by atoms with Crippen LogP contribution in [-0.4, -0.2) is 10.0 Å². The quantitative estimate of drug-likeness (QED) is 0.688. The Morgan fingerprint density at radius 1 is 1.52 bits per heavy atom. The molecule has 0 saturated heterocycles. The van der Waals surface area contributed by atoms with E-state index in [4.69, 9.17) is 10.00 Å². The molecule has 0 aliphatic carbocycles. The number of thiophene rings is 1. The van der Waals surface area contributed by atoms with Crippen LogP contribution in [-0.2, 0) is 0 Å². The lowest BCUT2D eigenvalue weighted by molar-refractivity contribution is -0.385. The molecular weight excluding hydrogens is 299 g/mol. The maximum atomic E-state index is 13.7. The maximum Gasteiger partial charge on any atom is 0.323 e. The van der Waals surface area contributed by atoms with Gasteiger partial charge in [0, 0.05) is 10.9 Å². The molecule has 1 N–H and O–H groups in total. The van der Waals surface area contributed by atoms with Crippen molar-refractivity contribution in [1.82, 2.24) is 0 Å². The molecule has 0 spiro atoms. The van der Waals surface area contributed by atoms with Crippen LogP contribution in [0.25, 0.3) is 0 Å². The summed E-state index contributed by atoms with van der Waals surface area (Å²) in [5, 5.41) is 28.9. The molecule has 1 aromatic heterocycles. The maximum absolute atomic E-state index is 13.7. The van der Waals surface area contributed by atoms with E-state index in [1.165, 1.54) is 25.1 Å². The largest absolute Gasteiger partial charge is 0.437 e. The molecule has 0 aliphatic heterocycles. The summed E-state index contributed by atoms with van der Waals surface area (Å²) in [7, 11) is 0. The third-order valence-corrected chi connectivity index (χ3v) is 3.74. The lowest BCUT2D eigenvalue weighted by Gasteiger charge is -2.04. The van der Waals surface area contributed by atoms with Gasteiger partial charge in [0.25, 0.3) is 5.06 Å². The third-order valence-electron chi connectivity index (χ3n) is 2.57. The van der Waals surface area contributed by atoms with Crippen molar-refractivity contribution in [3.63, 3.8) is 0 Å². The number of nitriles is 1. The fraction of sp³-hybridized carbons (Fsp3) is 0.154. The van der Waals surface area contributed by atoms with E-state index < -0.39 is 16.8 Å². The number of hydrogen-bond acceptors (Lipinski definition) is 6. The van der Waals surface area contributed by atoms with E-state index in [9.17, 15) is 19.6 Å². The van der Waals surface area contributed by atoms with Gasteiger partial charge in [0.05, 0.1) is 22.7 Å². The fourth-order valence-electron chi connectivity index (χ4n) is 1.54. The molecule has 0 saturated carbocycles. The molecule has 6 nitrogen and oxygen atoms in total. The minimum atomic E-state index is -0.892. The van der Waals surface area contributed by atoms with Gasteiger partial charge in [-0.25, -0.2) is 4.39 Å². The van der Waals surface area contributed by atoms with Gasteiger partial charge in [-0.2, -0.15) is 5.26 Å². The lowest BCUT2D eigenvalue weighted by atomic mass is 10.2. The summed E-state index contributed by atoms with van der Waals surface area (Å²) in [6, 6.07) is 6.50. The highest BCUT2D eigenvalue weighted by Crippen LogP contribution is 2.42. The molecule has 0 amide bonds. The first-order valence-electron chi connectivity index (χ1n) is 5.76. The monoisotopic (exact) mass is 308 g/mol. The van der Waals surface area contributed by atoms with Gasteiger partial charge in [0.1, 0.15) is 0 Å². The summed E-state index contributed by atoms with van der Waals surface area (Å²) < 4.78 is 18.9. The van der Waals surface area contributed by atoms with Crippen LogP contribution >= 0.6 is 11.3 Å². The minimum Gasteiger partial charge on any atom is -0.437 e. The Morgan fingerprint density at radius 2 is 2.24 bits per heavy atom. The van der Waals surface area contributed by atoms with Crippen molar-refractivity contribution in [2.45, 2.75) is 13.0 Å². The zero-order chi connectivity index (χ0) is 15.6. The van der Waals surface area contributed by atoms with Crippen molar-refractivity contribution in [2.75, 3.05) is 0 Å². The number of nitrogens with zero attached hydrogens (tertiary/aromatic N) is 2. The van der Waals surface area contributed by atoms with Crippen molar-refractivity contribution in [1.29, 1.82) is 5.26 Å². The Hall–Kier alpha value is -2.50. The van der Waals surface area contributed by atoms with Crippen LogP contribution in [0.4, 0.5) is 10.1 Å². The number of nitro groups is 1. The van der Waals surface area contributed by atoms with Crippen molar-refractivity contribution < 1.29 is 19.2 Å². The van der Waals surface area contributed by atoms with E-state index in [2.05, 4.69) is 0 Å². The number of rotatable bonds is 4. The highest BCUT2D eigenvalue weighted by molar-refractivity contribution is 7.14. The molecule has 108 valence electrons. The van der Waals surface area contributed by atoms with E-state index >= 15 is 0 Å². The Balaban J connectivity index is 2.39. The number of ether oxygens (including phenoxy) is 1. The van der Waals surface area contributed by atoms with Crippen LogP contribution in [0.15, 0.2) is 24.3 Å². The number of aliphatic hydroxyl groups excluding tert-OH is 1. The van der Waals surface area contributed by atoms with Gasteiger partial charge in [-0.15, -0.1) is 0 Å². The third kappa shape index (κ3) is 3.16. The van der Waals surface area contributed by atoms with E-state index in [0.29, 0.717) is 4.88 Å². The van der Waals surface area contributed by atoms with E-state index in [-0.39, 0.29) is 22.1 Å². The number of hydrogen-bond donors (Lipinski definition) is 1. The van der Waals surface area contributed by atoms with E-state index in [1.807, 2.05) is 0 Å². The molecule has 0 unspecified atom stereocenters. The van der Waals surface area contributed by atoms with Gasteiger partial charge in [-0.1, -0.05) is 11.3 Å². The van der Waals surface area contributed by atoms with Crippen LogP contribution in [0.3, 0.4) is 0 Å². The van der Waals surface area contributed by atoms with Crippen molar-refractivity contribution in [3.8, 4) is 16.9 Å². The summed E-state index contributed by atoms with van der Waals surface area (Å²) in [5.41, 5.74) is -0.232. The standard InChI is InChI=1S/C13H9FN2O4S/c1-7(17)12-5-10(16(18)19)13(21-12)20-11-3-2-8(6-15)4-9(11)14/h2-5,7,17H,1H3/t7-/m0/s1. The summed E-state index contributed by atoms with van der Waals surface area (Å²) in [4.78, 5) is 10.6. The topological polar surface area (TPSA) is 96.4 Å². The van der Waals surface area contributed by atoms with Crippen LogP contribution in [0, 0.1) is 27.3 Å². The van der Waals surface area contributed by atoms with E-state index in [0.717, 1.165) is 17.4 Å². The zero-order valence-corrected chi connectivity index (χ0v) is 11.6. The van der Waals surface area contributed by atoms with Crippen molar-refractivity contribution >= 4 is 17.0 Å². The Kier molecular flexibility index (Phi) is 4.16. The Morgan fingerprint density at radius 3 is 2.76 bits per heavy atom. The second-order valence-electron chi connectivity index (χ2n) is 4.11. The van der Waals surface area contributed by atoms with Gasteiger partial charge >= 0.3 is 5.69 Å². The highest BCUT2D eigenvalue weighted by Gasteiger charge is 2.23. The summed E-state index contributed by atoms with van der Waals surface area (Å²) >= 11 is 0.864. The molecule has 1 heterocycles.